The minimum Gasteiger partial charge on any atom is -0.469 e. The fourth-order valence-electron chi connectivity index (χ4n) is 15.6. The average Bonchev–Trinajstić information content (AvgIpc) is 1.48. The first kappa shape index (κ1) is 116. The number of nitrogens with zero attached hydrogens (tertiary/aromatic N) is 9. The van der Waals surface area contributed by atoms with Crippen LogP contribution in [0.1, 0.15) is 125 Å². The SMILES string of the molecule is C#CCN(C)C(C)C(F)Cc1ccccc1.C#CCN(C)C(C)C(F)c1ccccc1.C#CCN(C)C(CF)Cc1ccccc1.C#CCN(C)C(CF)Cc1ccco1.C#CCN(C)C(F)Cc1ccccc1.C#CCN(C)C1CC(F)Cc2ccccc21.C#CCN(C)C1c2ccccc2CC1F.C#CCN(C)C1c2ccccc2CCC1F.C#CCN(CCF)C(C)Cc1ccco1. The van der Waals surface area contributed by atoms with Crippen LogP contribution in [-0.4, -0.2) is 247 Å². The van der Waals surface area contributed by atoms with Crippen LogP contribution in [0.25, 0.3) is 0 Å². The summed E-state index contributed by atoms with van der Waals surface area (Å²) in [6.07, 6.45) is 50.8. The highest BCUT2D eigenvalue weighted by molar-refractivity contribution is 5.38. The van der Waals surface area contributed by atoms with Gasteiger partial charge in [0.2, 0.25) is 0 Å². The van der Waals surface area contributed by atoms with Gasteiger partial charge in [0, 0.05) is 81.3 Å². The van der Waals surface area contributed by atoms with Gasteiger partial charge in [0.25, 0.3) is 0 Å². The fourth-order valence-corrected chi connectivity index (χ4v) is 15.6. The summed E-state index contributed by atoms with van der Waals surface area (Å²) >= 11 is 0. The summed E-state index contributed by atoms with van der Waals surface area (Å²) in [4.78, 5) is 16.7. The van der Waals surface area contributed by atoms with E-state index in [4.69, 9.17) is 66.6 Å². The van der Waals surface area contributed by atoms with Gasteiger partial charge in [-0.2, -0.15) is 0 Å². The second kappa shape index (κ2) is 67.4. The van der Waals surface area contributed by atoms with Crippen molar-refractivity contribution in [2.24, 2.45) is 0 Å². The fraction of sp³-hybridized carbons (Fsp3) is 0.414. The van der Waals surface area contributed by atoms with Crippen LogP contribution in [0, 0.1) is 111 Å². The molecule has 0 saturated heterocycles. The summed E-state index contributed by atoms with van der Waals surface area (Å²) < 4.78 is 131. The third-order valence-electron chi connectivity index (χ3n) is 23.8. The van der Waals surface area contributed by atoms with E-state index in [-0.39, 0.29) is 61.7 Å². The molecule has 0 N–H and O–H groups in total. The van der Waals surface area contributed by atoms with Crippen molar-refractivity contribution in [1.82, 2.24) is 44.1 Å². The lowest BCUT2D eigenvalue weighted by Crippen LogP contribution is -2.38. The van der Waals surface area contributed by atoms with Crippen molar-refractivity contribution in [3.63, 3.8) is 0 Å². The molecule has 20 heteroatoms. The lowest BCUT2D eigenvalue weighted by Gasteiger charge is -2.34. The summed E-state index contributed by atoms with van der Waals surface area (Å²) in [7, 11) is 14.8. The Bertz CT molecular complexity index is 5090. The smallest absolute Gasteiger partial charge is 0.158 e. The Labute approximate surface area is 809 Å². The van der Waals surface area contributed by atoms with Crippen molar-refractivity contribution in [3.8, 4) is 111 Å². The molecule has 14 atom stereocenters. The molecule has 9 aromatic rings. The third-order valence-corrected chi connectivity index (χ3v) is 23.8. The molecule has 0 radical (unpaired) electrons. The molecule has 724 valence electrons. The highest BCUT2D eigenvalue weighted by Gasteiger charge is 2.36. The van der Waals surface area contributed by atoms with E-state index in [9.17, 15) is 39.5 Å². The molecule has 0 spiro atoms. The van der Waals surface area contributed by atoms with Gasteiger partial charge in [-0.25, -0.2) is 39.5 Å². The normalized spacial score (nSPS) is 16.9. The predicted molar refractivity (Wildman–Crippen MR) is 544 cm³/mol. The number of terminal acetylenes is 9. The van der Waals surface area contributed by atoms with Crippen LogP contribution < -0.4 is 0 Å². The van der Waals surface area contributed by atoms with Gasteiger partial charge in [-0.1, -0.05) is 247 Å². The highest BCUT2D eigenvalue weighted by atomic mass is 19.2. The summed E-state index contributed by atoms with van der Waals surface area (Å²) in [5.74, 6) is 24.5. The third kappa shape index (κ3) is 42.2. The molecule has 0 saturated carbocycles. The van der Waals surface area contributed by atoms with Gasteiger partial charge in [0.1, 0.15) is 62.4 Å². The molecular formula is C116H140F9N9O2. The number of rotatable bonds is 35. The first-order valence-electron chi connectivity index (χ1n) is 45.8. The van der Waals surface area contributed by atoms with Crippen LogP contribution >= 0.6 is 0 Å². The zero-order valence-corrected chi connectivity index (χ0v) is 81.2. The van der Waals surface area contributed by atoms with Crippen LogP contribution in [0.5, 0.6) is 0 Å². The van der Waals surface area contributed by atoms with E-state index < -0.39 is 43.8 Å². The van der Waals surface area contributed by atoms with Gasteiger partial charge in [-0.3, -0.25) is 44.1 Å². The number of hydrogen-bond acceptors (Lipinski definition) is 11. The Morgan fingerprint density at radius 1 is 0.368 bits per heavy atom. The van der Waals surface area contributed by atoms with Gasteiger partial charge in [-0.15, -0.1) is 57.8 Å². The second-order valence-electron chi connectivity index (χ2n) is 34.0. The Kier molecular flexibility index (Phi) is 57.7. The molecule has 12 rings (SSSR count). The Balaban J connectivity index is 0.000000320. The summed E-state index contributed by atoms with van der Waals surface area (Å²) in [5.41, 5.74) is 10.8. The minimum atomic E-state index is -1.01. The van der Waals surface area contributed by atoms with Crippen molar-refractivity contribution >= 4 is 0 Å². The Hall–Kier alpha value is -11.9. The van der Waals surface area contributed by atoms with E-state index in [1.807, 2.05) is 297 Å². The van der Waals surface area contributed by atoms with Crippen molar-refractivity contribution in [2.45, 2.75) is 170 Å². The van der Waals surface area contributed by atoms with Gasteiger partial charge >= 0.3 is 0 Å². The van der Waals surface area contributed by atoms with E-state index in [1.165, 1.54) is 16.0 Å². The topological polar surface area (TPSA) is 55.4 Å². The number of furan rings is 2. The number of halogens is 9. The first-order chi connectivity index (χ1) is 65.6. The molecule has 11 nitrogen and oxygen atoms in total. The van der Waals surface area contributed by atoms with E-state index in [0.717, 1.165) is 63.3 Å². The van der Waals surface area contributed by atoms with E-state index in [2.05, 4.69) is 65.4 Å². The minimum absolute atomic E-state index is 0.121. The molecule has 0 aliphatic heterocycles. The largest absolute Gasteiger partial charge is 0.469 e. The number of alkyl halides is 9. The zero-order valence-electron chi connectivity index (χ0n) is 81.2. The maximum atomic E-state index is 14.0. The lowest BCUT2D eigenvalue weighted by atomic mass is 9.85. The van der Waals surface area contributed by atoms with Crippen LogP contribution in [0.4, 0.5) is 39.5 Å². The molecule has 136 heavy (non-hydrogen) atoms. The van der Waals surface area contributed by atoms with Crippen LogP contribution in [-0.2, 0) is 51.4 Å². The summed E-state index contributed by atoms with van der Waals surface area (Å²) in [6.45, 7) is 9.20. The molecule has 3 aliphatic rings. The highest BCUT2D eigenvalue weighted by Crippen LogP contribution is 2.39. The maximum absolute atomic E-state index is 14.0. The monoisotopic (exact) mass is 1860 g/mol. The van der Waals surface area contributed by atoms with Crippen molar-refractivity contribution in [1.29, 1.82) is 0 Å². The zero-order chi connectivity index (χ0) is 100. The number of aryl methyl sites for hydroxylation is 1. The molecule has 14 unspecified atom stereocenters. The quantitative estimate of drug-likeness (QED) is 0.0217. The van der Waals surface area contributed by atoms with Crippen LogP contribution in [0.15, 0.2) is 240 Å². The van der Waals surface area contributed by atoms with Crippen molar-refractivity contribution < 1.29 is 48.3 Å². The van der Waals surface area contributed by atoms with Gasteiger partial charge in [0.05, 0.1) is 83.5 Å². The average molecular weight is 1860 g/mol. The van der Waals surface area contributed by atoms with E-state index in [0.29, 0.717) is 122 Å². The van der Waals surface area contributed by atoms with Gasteiger partial charge < -0.3 is 8.83 Å². The number of hydrogen-bond donors (Lipinski definition) is 0. The van der Waals surface area contributed by atoms with Gasteiger partial charge in [0.15, 0.2) is 6.30 Å². The molecule has 3 aliphatic carbocycles. The van der Waals surface area contributed by atoms with Crippen molar-refractivity contribution in [3.05, 3.63) is 298 Å². The number of benzene rings is 7. The van der Waals surface area contributed by atoms with Gasteiger partial charge in [-0.05, 0) is 183 Å². The van der Waals surface area contributed by atoms with Crippen LogP contribution in [0.2, 0.25) is 0 Å². The molecule has 0 bridgehead atoms. The number of fused-ring (bicyclic) bond motifs is 3. The molecular weight excluding hydrogens is 1720 g/mol. The second-order valence-corrected chi connectivity index (χ2v) is 34.0. The number of likely N-dealkylation sites (N-methyl/N-ethyl adjacent to an activating group) is 4. The molecule has 2 aromatic heterocycles. The standard InChI is InChI=1S/2C14H16FN.C14H18FN.C13H14FN.2C13H16FN.C12H16FNO.C12H14FN.C11H14FNO/c1-3-10-16(2)14-12-7-5-4-6-11(12)8-9-13(14)15;1-3-8-16(2)14-10-12(15)9-11-6-4-5-7-13(11)14;1-4-10-16(3)12(2)14(15)11-13-8-6-5-7-9-13;1-3-8-15(2)13-11-7-5-4-6-10(11)9-12(13)14;1-4-10-15(3)11(2)13(14)12-8-6-5-7-9-12;1-3-9-15(2)13(11-14)10-12-7-5-4-6-8-12;1-3-7-14(8-6-13)11(2)10-12-5-4-9-15-12;1-3-9-14(2)12(13)10-11-7-5-4-6-8-11;1-3-6-13(2)10(9-12)8-11-5-4-7-14-11/h1,4-7,13-14H,8-10H2,2H3;1,4-7,12,14H,8-10H2,2H3;1,5-9,12,14H,10-11H2,2-3H3;1,4-7,12-13H,8-9H2,2H3;1,5-9,11,13H,10H2,2-3H3;1,4-8,13H,9-11H2,2H3;1,4-5,9,11H,6-8,10H2,2H3;1,4-8,12H,9-10H2,2H3;1,4-5,7,10H,6,8-9H2,2H3. The Morgan fingerprint density at radius 3 is 1.21 bits per heavy atom. The summed E-state index contributed by atoms with van der Waals surface area (Å²) in [6, 6.07) is 69.0. The predicted octanol–water partition coefficient (Wildman–Crippen LogP) is 20.6. The lowest BCUT2D eigenvalue weighted by molar-refractivity contribution is 0.125. The molecule has 2 heterocycles. The molecule has 0 fully saturated rings. The maximum Gasteiger partial charge on any atom is 0.158 e. The Morgan fingerprint density at radius 2 is 0.750 bits per heavy atom. The summed E-state index contributed by atoms with van der Waals surface area (Å²) in [5, 5.41) is 0. The first-order valence-corrected chi connectivity index (χ1v) is 45.8. The van der Waals surface area contributed by atoms with Crippen LogP contribution in [0.3, 0.4) is 0 Å². The van der Waals surface area contributed by atoms with Crippen molar-refractivity contribution in [2.75, 3.05) is 142 Å². The molecule has 7 aromatic carbocycles. The molecule has 0 amide bonds. The van der Waals surface area contributed by atoms with E-state index in [1.54, 1.807) is 37.8 Å². The van der Waals surface area contributed by atoms with E-state index >= 15 is 0 Å².